The number of halogens is 4. The summed E-state index contributed by atoms with van der Waals surface area (Å²) in [5.74, 6) is 0. The van der Waals surface area contributed by atoms with Crippen LogP contribution in [0.5, 0.6) is 0 Å². The van der Waals surface area contributed by atoms with Gasteiger partial charge in [-0.3, -0.25) is 0 Å². The molecular formula is C26H32Cl3IN2O. The van der Waals surface area contributed by atoms with Crippen LogP contribution >= 0.6 is 34.8 Å². The van der Waals surface area contributed by atoms with Gasteiger partial charge in [0, 0.05) is 21.0 Å². The first-order valence-electron chi connectivity index (χ1n) is 11.3. The number of fused-ring (bicyclic) bond motifs is 1. The monoisotopic (exact) mass is 620 g/mol. The van der Waals surface area contributed by atoms with Crippen molar-refractivity contribution >= 4 is 45.7 Å². The van der Waals surface area contributed by atoms with Crippen LogP contribution in [0.2, 0.25) is 15.1 Å². The fourth-order valence-corrected chi connectivity index (χ4v) is 4.87. The molecule has 3 aromatic rings. The quantitative estimate of drug-likeness (QED) is 0.257. The second-order valence-electron chi connectivity index (χ2n) is 8.86. The Morgan fingerprint density at radius 3 is 2.09 bits per heavy atom. The number of aliphatic hydroxyl groups is 1. The van der Waals surface area contributed by atoms with Gasteiger partial charge in [-0.05, 0) is 48.7 Å². The van der Waals surface area contributed by atoms with Crippen LogP contribution in [-0.2, 0) is 0 Å². The highest BCUT2D eigenvalue weighted by Crippen LogP contribution is 2.35. The predicted octanol–water partition coefficient (Wildman–Crippen LogP) is 4.95. The van der Waals surface area contributed by atoms with E-state index in [1.165, 1.54) is 0 Å². The van der Waals surface area contributed by atoms with E-state index in [0.717, 1.165) is 65.5 Å². The van der Waals surface area contributed by atoms with E-state index in [2.05, 4.69) is 20.9 Å². The zero-order chi connectivity index (χ0) is 23.3. The lowest BCUT2D eigenvalue weighted by Crippen LogP contribution is -3.00. The lowest BCUT2D eigenvalue weighted by atomic mass is 9.99. The zero-order valence-corrected chi connectivity index (χ0v) is 23.8. The predicted molar refractivity (Wildman–Crippen MR) is 138 cm³/mol. The molecule has 1 aromatic heterocycles. The molecule has 0 fully saturated rings. The van der Waals surface area contributed by atoms with Crippen molar-refractivity contribution < 1.29 is 33.6 Å². The van der Waals surface area contributed by atoms with Crippen molar-refractivity contribution in [3.63, 3.8) is 0 Å². The van der Waals surface area contributed by atoms with Crippen LogP contribution in [0, 0.1) is 0 Å². The topological polar surface area (TPSA) is 33.1 Å². The molecule has 0 amide bonds. The first kappa shape index (κ1) is 28.6. The third-order valence-electron chi connectivity index (χ3n) is 6.08. The molecule has 0 radical (unpaired) electrons. The van der Waals surface area contributed by atoms with Gasteiger partial charge in [-0.15, -0.1) is 0 Å². The number of rotatable bonds is 10. The Labute approximate surface area is 229 Å². The molecule has 0 bridgehead atoms. The summed E-state index contributed by atoms with van der Waals surface area (Å²) in [7, 11) is 2.25. The number of hydrogen-bond acceptors (Lipinski definition) is 2. The van der Waals surface area contributed by atoms with E-state index in [0.29, 0.717) is 27.1 Å². The number of pyridine rings is 1. The van der Waals surface area contributed by atoms with E-state index in [1.54, 1.807) is 6.07 Å². The number of hydrogen-bond donors (Lipinski definition) is 1. The standard InChI is InChI=1S/C26H32Cl3N2O.HI/c1-4-6-12-31(3,13-7-5-2)17-25(32)21-16-24(18-8-10-19(27)11-9-18)30-26-22(21)14-20(28)15-23(26)29;/h8-11,14-16,25,32H,4-7,12-13,17H2,1-3H3;1H/q+1;/p-1. The van der Waals surface area contributed by atoms with Crippen molar-refractivity contribution in [2.24, 2.45) is 0 Å². The molecule has 3 rings (SSSR count). The number of likely N-dealkylation sites (N-methyl/N-ethyl adjacent to an activating group) is 1. The molecule has 180 valence electrons. The van der Waals surface area contributed by atoms with Gasteiger partial charge in [0.1, 0.15) is 12.6 Å². The molecule has 0 spiro atoms. The first-order valence-corrected chi connectivity index (χ1v) is 12.5. The van der Waals surface area contributed by atoms with E-state index in [4.69, 9.17) is 39.8 Å². The minimum absolute atomic E-state index is 0. The summed E-state index contributed by atoms with van der Waals surface area (Å²) >= 11 is 18.9. The van der Waals surface area contributed by atoms with Crippen molar-refractivity contribution in [3.05, 3.63) is 63.1 Å². The Bertz CT molecular complexity index is 1050. The molecule has 0 saturated heterocycles. The number of unbranched alkanes of at least 4 members (excludes halogenated alkanes) is 2. The lowest BCUT2D eigenvalue weighted by Gasteiger charge is -2.36. The van der Waals surface area contributed by atoms with E-state index in [1.807, 2.05) is 36.4 Å². The average molecular weight is 622 g/mol. The molecule has 1 N–H and O–H groups in total. The van der Waals surface area contributed by atoms with Gasteiger partial charge < -0.3 is 33.6 Å². The van der Waals surface area contributed by atoms with E-state index in [-0.39, 0.29) is 24.0 Å². The summed E-state index contributed by atoms with van der Waals surface area (Å²) < 4.78 is 0.831. The van der Waals surface area contributed by atoms with Crippen molar-refractivity contribution in [3.8, 4) is 11.3 Å². The number of benzene rings is 2. The van der Waals surface area contributed by atoms with Crippen molar-refractivity contribution in [1.29, 1.82) is 0 Å². The van der Waals surface area contributed by atoms with Gasteiger partial charge >= 0.3 is 0 Å². The van der Waals surface area contributed by atoms with Gasteiger partial charge in [0.15, 0.2) is 0 Å². The first-order chi connectivity index (χ1) is 15.3. The molecule has 1 atom stereocenters. The van der Waals surface area contributed by atoms with Crippen LogP contribution in [0.15, 0.2) is 42.5 Å². The van der Waals surface area contributed by atoms with Gasteiger partial charge in [0.2, 0.25) is 0 Å². The van der Waals surface area contributed by atoms with Gasteiger partial charge in [0.25, 0.3) is 0 Å². The molecule has 3 nitrogen and oxygen atoms in total. The molecule has 33 heavy (non-hydrogen) atoms. The summed E-state index contributed by atoms with van der Waals surface area (Å²) in [6.45, 7) is 7.13. The molecule has 2 aromatic carbocycles. The summed E-state index contributed by atoms with van der Waals surface area (Å²) in [5, 5.41) is 14.0. The molecule has 0 saturated carbocycles. The number of nitrogens with zero attached hydrogens (tertiary/aromatic N) is 2. The van der Waals surface area contributed by atoms with Crippen molar-refractivity contribution in [2.45, 2.75) is 45.6 Å². The highest BCUT2D eigenvalue weighted by atomic mass is 127. The minimum atomic E-state index is -0.667. The van der Waals surface area contributed by atoms with E-state index >= 15 is 0 Å². The Morgan fingerprint density at radius 1 is 0.909 bits per heavy atom. The third kappa shape index (κ3) is 7.42. The molecule has 0 aliphatic heterocycles. The van der Waals surface area contributed by atoms with Crippen LogP contribution in [0.1, 0.15) is 51.2 Å². The zero-order valence-electron chi connectivity index (χ0n) is 19.4. The molecule has 1 heterocycles. The number of aromatic nitrogens is 1. The van der Waals surface area contributed by atoms with Crippen LogP contribution in [0.4, 0.5) is 0 Å². The van der Waals surface area contributed by atoms with Crippen molar-refractivity contribution in [1.82, 2.24) is 4.98 Å². The SMILES string of the molecule is CCCC[N+](C)(CCCC)CC(O)c1cc(-c2ccc(Cl)cc2)nc2c(Cl)cc(Cl)cc12.[I-]. The van der Waals surface area contributed by atoms with Crippen LogP contribution in [0.25, 0.3) is 22.2 Å². The maximum Gasteiger partial charge on any atom is 0.129 e. The summed E-state index contributed by atoms with van der Waals surface area (Å²) in [5.41, 5.74) is 3.13. The Kier molecular flexibility index (Phi) is 11.2. The molecule has 7 heteroatoms. The summed E-state index contributed by atoms with van der Waals surface area (Å²) in [6.07, 6.45) is 3.88. The minimum Gasteiger partial charge on any atom is -1.00 e. The van der Waals surface area contributed by atoms with E-state index in [9.17, 15) is 5.11 Å². The highest BCUT2D eigenvalue weighted by Gasteiger charge is 2.27. The fourth-order valence-electron chi connectivity index (χ4n) is 4.21. The van der Waals surface area contributed by atoms with Gasteiger partial charge in [0.05, 0.1) is 36.4 Å². The molecule has 1 unspecified atom stereocenters. The Morgan fingerprint density at radius 2 is 1.52 bits per heavy atom. The number of quaternary nitrogens is 1. The fraction of sp³-hybridized carbons (Fsp3) is 0.423. The second-order valence-corrected chi connectivity index (χ2v) is 10.1. The summed E-state index contributed by atoms with van der Waals surface area (Å²) in [6, 6.07) is 13.0. The normalized spacial score (nSPS) is 12.6. The maximum absolute atomic E-state index is 11.5. The lowest BCUT2D eigenvalue weighted by molar-refractivity contribution is -0.913. The molecule has 0 aliphatic rings. The van der Waals surface area contributed by atoms with E-state index < -0.39 is 6.10 Å². The van der Waals surface area contributed by atoms with Crippen LogP contribution in [-0.4, -0.2) is 41.3 Å². The molecule has 0 aliphatic carbocycles. The number of aliphatic hydroxyl groups excluding tert-OH is 1. The maximum atomic E-state index is 11.5. The Balaban J connectivity index is 0.00000385. The molecular weight excluding hydrogens is 590 g/mol. The van der Waals surface area contributed by atoms with Crippen molar-refractivity contribution in [2.75, 3.05) is 26.7 Å². The summed E-state index contributed by atoms with van der Waals surface area (Å²) in [4.78, 5) is 4.80. The third-order valence-corrected chi connectivity index (χ3v) is 6.84. The largest absolute Gasteiger partial charge is 1.00 e. The Hall–Kier alpha value is -0.630. The second kappa shape index (κ2) is 12.9. The smallest absolute Gasteiger partial charge is 0.129 e. The van der Waals surface area contributed by atoms with Gasteiger partial charge in [-0.25, -0.2) is 4.98 Å². The van der Waals surface area contributed by atoms with Crippen LogP contribution in [0.3, 0.4) is 0 Å². The van der Waals surface area contributed by atoms with Gasteiger partial charge in [-0.2, -0.15) is 0 Å². The van der Waals surface area contributed by atoms with Gasteiger partial charge in [-0.1, -0.05) is 73.6 Å². The highest BCUT2D eigenvalue weighted by molar-refractivity contribution is 6.38. The average Bonchev–Trinajstić information content (AvgIpc) is 2.76. The van der Waals surface area contributed by atoms with Crippen LogP contribution < -0.4 is 24.0 Å².